The number of amides is 1. The van der Waals surface area contributed by atoms with E-state index in [1.165, 1.54) is 0 Å². The number of imidazole rings is 1. The van der Waals surface area contributed by atoms with E-state index in [1.54, 1.807) is 30.9 Å². The van der Waals surface area contributed by atoms with Gasteiger partial charge in [0, 0.05) is 31.4 Å². The molecule has 6 heteroatoms. The number of aryl methyl sites for hydroxylation is 1. The molecule has 0 saturated heterocycles. The molecule has 1 aromatic heterocycles. The molecule has 0 fully saturated rings. The third-order valence-corrected chi connectivity index (χ3v) is 2.90. The molecular formula is C12H15N3O3. The van der Waals surface area contributed by atoms with Crippen LogP contribution in [-0.2, 0) is 16.1 Å². The van der Waals surface area contributed by atoms with E-state index in [0.29, 0.717) is 19.4 Å². The maximum atomic E-state index is 11.6. The number of rotatable bonds is 5. The van der Waals surface area contributed by atoms with Crippen molar-refractivity contribution in [3.8, 4) is 0 Å². The Labute approximate surface area is 104 Å². The SMILES string of the molecule is O=C(CCn1ccnc1)NC1C=CC(C(=O)O)C1. The third-order valence-electron chi connectivity index (χ3n) is 2.90. The molecule has 0 saturated carbocycles. The lowest BCUT2D eigenvalue weighted by Crippen LogP contribution is -2.33. The van der Waals surface area contributed by atoms with Gasteiger partial charge in [0.1, 0.15) is 0 Å². The molecule has 1 aromatic rings. The second kappa shape index (κ2) is 5.48. The topological polar surface area (TPSA) is 84.2 Å². The van der Waals surface area contributed by atoms with E-state index in [2.05, 4.69) is 10.3 Å². The molecule has 1 aliphatic carbocycles. The van der Waals surface area contributed by atoms with Crippen LogP contribution in [0, 0.1) is 5.92 Å². The number of aromatic nitrogens is 2. The average Bonchev–Trinajstić information content (AvgIpc) is 2.96. The Balaban J connectivity index is 1.72. The summed E-state index contributed by atoms with van der Waals surface area (Å²) in [6.07, 6.45) is 9.28. The lowest BCUT2D eigenvalue weighted by molar-refractivity contribution is -0.140. The summed E-state index contributed by atoms with van der Waals surface area (Å²) < 4.78 is 1.82. The second-order valence-corrected chi connectivity index (χ2v) is 4.29. The van der Waals surface area contributed by atoms with E-state index in [1.807, 2.05) is 4.57 Å². The van der Waals surface area contributed by atoms with Crippen molar-refractivity contribution in [2.75, 3.05) is 0 Å². The van der Waals surface area contributed by atoms with Crippen LogP contribution >= 0.6 is 0 Å². The minimum absolute atomic E-state index is 0.0793. The van der Waals surface area contributed by atoms with Gasteiger partial charge in [-0.25, -0.2) is 4.98 Å². The molecule has 0 bridgehead atoms. The Morgan fingerprint density at radius 3 is 2.89 bits per heavy atom. The number of carboxylic acids is 1. The Morgan fingerprint density at radius 2 is 2.28 bits per heavy atom. The van der Waals surface area contributed by atoms with Crippen molar-refractivity contribution in [3.63, 3.8) is 0 Å². The molecule has 6 nitrogen and oxygen atoms in total. The first-order valence-corrected chi connectivity index (χ1v) is 5.81. The van der Waals surface area contributed by atoms with Gasteiger partial charge < -0.3 is 15.0 Å². The Morgan fingerprint density at radius 1 is 1.44 bits per heavy atom. The third kappa shape index (κ3) is 3.19. The normalized spacial score (nSPS) is 22.0. The fraction of sp³-hybridized carbons (Fsp3) is 0.417. The van der Waals surface area contributed by atoms with Crippen LogP contribution in [0.5, 0.6) is 0 Å². The molecule has 0 radical (unpaired) electrons. The average molecular weight is 249 g/mol. The standard InChI is InChI=1S/C12H15N3O3/c16-11(3-5-15-6-4-13-8-15)14-10-2-1-9(7-10)12(17)18/h1-2,4,6,8-10H,3,5,7H2,(H,14,16)(H,17,18). The van der Waals surface area contributed by atoms with Gasteiger partial charge in [-0.3, -0.25) is 9.59 Å². The molecule has 0 spiro atoms. The highest BCUT2D eigenvalue weighted by Gasteiger charge is 2.25. The van der Waals surface area contributed by atoms with Crippen LogP contribution in [0.3, 0.4) is 0 Å². The predicted octanol–water partition coefficient (Wildman–Crippen LogP) is 0.419. The summed E-state index contributed by atoms with van der Waals surface area (Å²) in [6.45, 7) is 0.574. The molecule has 0 aromatic carbocycles. The smallest absolute Gasteiger partial charge is 0.310 e. The lowest BCUT2D eigenvalue weighted by Gasteiger charge is -2.12. The van der Waals surface area contributed by atoms with E-state index >= 15 is 0 Å². The highest BCUT2D eigenvalue weighted by atomic mass is 16.4. The van der Waals surface area contributed by atoms with Crippen molar-refractivity contribution in [1.82, 2.24) is 14.9 Å². The van der Waals surface area contributed by atoms with Gasteiger partial charge in [-0.05, 0) is 6.42 Å². The maximum Gasteiger partial charge on any atom is 0.310 e. The van der Waals surface area contributed by atoms with Crippen LogP contribution in [-0.4, -0.2) is 32.6 Å². The molecule has 1 heterocycles. The van der Waals surface area contributed by atoms with Crippen molar-refractivity contribution in [2.45, 2.75) is 25.4 Å². The minimum atomic E-state index is -0.846. The van der Waals surface area contributed by atoms with Crippen molar-refractivity contribution >= 4 is 11.9 Å². The summed E-state index contributed by atoms with van der Waals surface area (Å²) in [7, 11) is 0. The van der Waals surface area contributed by atoms with Gasteiger partial charge in [0.25, 0.3) is 0 Å². The van der Waals surface area contributed by atoms with Crippen LogP contribution < -0.4 is 5.32 Å². The van der Waals surface area contributed by atoms with Gasteiger partial charge in [-0.2, -0.15) is 0 Å². The zero-order valence-electron chi connectivity index (χ0n) is 9.82. The van der Waals surface area contributed by atoms with Crippen LogP contribution in [0.2, 0.25) is 0 Å². The zero-order valence-corrected chi connectivity index (χ0v) is 9.82. The summed E-state index contributed by atoms with van der Waals surface area (Å²) in [6, 6.07) is -0.165. The van der Waals surface area contributed by atoms with E-state index in [0.717, 1.165) is 0 Å². The number of hydrogen-bond donors (Lipinski definition) is 2. The highest BCUT2D eigenvalue weighted by Crippen LogP contribution is 2.17. The molecular weight excluding hydrogens is 234 g/mol. The molecule has 96 valence electrons. The van der Waals surface area contributed by atoms with Crippen molar-refractivity contribution in [1.29, 1.82) is 0 Å². The van der Waals surface area contributed by atoms with Gasteiger partial charge in [-0.15, -0.1) is 0 Å². The van der Waals surface area contributed by atoms with Crippen LogP contribution in [0.15, 0.2) is 30.9 Å². The van der Waals surface area contributed by atoms with E-state index in [9.17, 15) is 9.59 Å². The number of carboxylic acid groups (broad SMARTS) is 1. The highest BCUT2D eigenvalue weighted by molar-refractivity contribution is 5.77. The lowest BCUT2D eigenvalue weighted by atomic mass is 10.1. The quantitative estimate of drug-likeness (QED) is 0.741. The Kier molecular flexibility index (Phi) is 3.76. The van der Waals surface area contributed by atoms with E-state index < -0.39 is 11.9 Å². The molecule has 1 amide bonds. The zero-order chi connectivity index (χ0) is 13.0. The molecule has 0 aliphatic heterocycles. The number of aliphatic carboxylic acids is 1. The number of carbonyl (C=O) groups is 2. The van der Waals surface area contributed by atoms with Gasteiger partial charge in [0.05, 0.1) is 12.2 Å². The number of hydrogen-bond acceptors (Lipinski definition) is 3. The number of carbonyl (C=O) groups excluding carboxylic acids is 1. The summed E-state index contributed by atoms with van der Waals surface area (Å²) >= 11 is 0. The molecule has 2 atom stereocenters. The second-order valence-electron chi connectivity index (χ2n) is 4.29. The van der Waals surface area contributed by atoms with Crippen LogP contribution in [0.4, 0.5) is 0 Å². The molecule has 2 N–H and O–H groups in total. The first-order valence-electron chi connectivity index (χ1n) is 5.81. The predicted molar refractivity (Wildman–Crippen MR) is 63.7 cm³/mol. The van der Waals surface area contributed by atoms with Crippen LogP contribution in [0.25, 0.3) is 0 Å². The Hall–Kier alpha value is -2.11. The summed E-state index contributed by atoms with van der Waals surface area (Å²) in [5, 5.41) is 11.6. The Bertz CT molecular complexity index is 453. The van der Waals surface area contributed by atoms with E-state index in [-0.39, 0.29) is 11.9 Å². The molecule has 2 unspecified atom stereocenters. The summed E-state index contributed by atoms with van der Waals surface area (Å²) in [5.41, 5.74) is 0. The van der Waals surface area contributed by atoms with Crippen LogP contribution in [0.1, 0.15) is 12.8 Å². The molecule has 18 heavy (non-hydrogen) atoms. The van der Waals surface area contributed by atoms with Crippen molar-refractivity contribution in [2.24, 2.45) is 5.92 Å². The van der Waals surface area contributed by atoms with Gasteiger partial charge in [0.15, 0.2) is 0 Å². The van der Waals surface area contributed by atoms with Gasteiger partial charge >= 0.3 is 5.97 Å². The fourth-order valence-corrected chi connectivity index (χ4v) is 1.92. The van der Waals surface area contributed by atoms with Crippen molar-refractivity contribution < 1.29 is 14.7 Å². The maximum absolute atomic E-state index is 11.6. The summed E-state index contributed by atoms with van der Waals surface area (Å²) in [4.78, 5) is 26.3. The monoisotopic (exact) mass is 249 g/mol. The van der Waals surface area contributed by atoms with Crippen molar-refractivity contribution in [3.05, 3.63) is 30.9 Å². The first-order chi connectivity index (χ1) is 8.65. The first kappa shape index (κ1) is 12.3. The molecule has 1 aliphatic rings. The van der Waals surface area contributed by atoms with Gasteiger partial charge in [-0.1, -0.05) is 12.2 Å². The number of nitrogens with zero attached hydrogens (tertiary/aromatic N) is 2. The fourth-order valence-electron chi connectivity index (χ4n) is 1.92. The largest absolute Gasteiger partial charge is 0.481 e. The minimum Gasteiger partial charge on any atom is -0.481 e. The summed E-state index contributed by atoms with van der Waals surface area (Å²) in [5.74, 6) is -1.41. The van der Waals surface area contributed by atoms with E-state index in [4.69, 9.17) is 5.11 Å². The molecule has 2 rings (SSSR count). The number of nitrogens with one attached hydrogen (secondary N) is 1. The van der Waals surface area contributed by atoms with Gasteiger partial charge in [0.2, 0.25) is 5.91 Å².